The summed E-state index contributed by atoms with van der Waals surface area (Å²) < 4.78 is 4.58. The molecule has 0 bridgehead atoms. The van der Waals surface area contributed by atoms with Crippen LogP contribution in [0, 0.1) is 0 Å². The Kier molecular flexibility index (Phi) is 5.47. The largest absolute Gasteiger partial charge is 0.387 e. The van der Waals surface area contributed by atoms with Crippen molar-refractivity contribution in [2.24, 2.45) is 0 Å². The summed E-state index contributed by atoms with van der Waals surface area (Å²) in [4.78, 5) is 0. The van der Waals surface area contributed by atoms with E-state index in [2.05, 4.69) is 4.74 Å². The minimum atomic E-state index is -3.46. The number of hydrogen-bond donors (Lipinski definition) is 12. The SMILES string of the molecule is O[C@@H]1[C@@H](O)[C@@H](O)[C@@](O)(O[C@]2(O)[C@H](O)[C@H](O)[C@@H](O)[C@H](O)[C@H]2O)[C@H](O)[C@H]1O. The van der Waals surface area contributed by atoms with E-state index in [1.54, 1.807) is 0 Å². The molecule has 2 rings (SSSR count). The molecule has 2 saturated carbocycles. The van der Waals surface area contributed by atoms with Crippen LogP contribution in [0.25, 0.3) is 0 Å². The van der Waals surface area contributed by atoms with E-state index in [4.69, 9.17) is 0 Å². The first kappa shape index (κ1) is 20.8. The molecular weight excluding hydrogens is 352 g/mol. The Hall–Kier alpha value is -0.520. The van der Waals surface area contributed by atoms with Crippen LogP contribution in [0.4, 0.5) is 0 Å². The maximum Gasteiger partial charge on any atom is 0.227 e. The number of hydrogen-bond acceptors (Lipinski definition) is 13. The van der Waals surface area contributed by atoms with Gasteiger partial charge in [-0.15, -0.1) is 0 Å². The van der Waals surface area contributed by atoms with Crippen LogP contribution in [0.15, 0.2) is 0 Å². The van der Waals surface area contributed by atoms with E-state index in [1.807, 2.05) is 0 Å². The summed E-state index contributed by atoms with van der Waals surface area (Å²) in [5.74, 6) is -6.92. The number of rotatable bonds is 2. The van der Waals surface area contributed by atoms with Crippen LogP contribution in [-0.4, -0.2) is 134 Å². The van der Waals surface area contributed by atoms with Crippen LogP contribution < -0.4 is 0 Å². The van der Waals surface area contributed by atoms with Crippen molar-refractivity contribution in [1.29, 1.82) is 0 Å². The molecule has 0 unspecified atom stereocenters. The third kappa shape index (κ3) is 2.87. The van der Waals surface area contributed by atoms with Gasteiger partial charge in [-0.3, -0.25) is 0 Å². The highest BCUT2D eigenvalue weighted by Gasteiger charge is 2.67. The highest BCUT2D eigenvalue weighted by atomic mass is 16.7. The first-order chi connectivity index (χ1) is 11.3. The lowest BCUT2D eigenvalue weighted by Crippen LogP contribution is -2.78. The molecule has 0 aliphatic heterocycles. The van der Waals surface area contributed by atoms with Crippen molar-refractivity contribution in [1.82, 2.24) is 0 Å². The first-order valence-corrected chi connectivity index (χ1v) is 7.26. The fraction of sp³-hybridized carbons (Fsp3) is 1.00. The van der Waals surface area contributed by atoms with Gasteiger partial charge in [0.25, 0.3) is 0 Å². The Bertz CT molecular complexity index is 414. The van der Waals surface area contributed by atoms with Gasteiger partial charge in [-0.25, -0.2) is 0 Å². The molecule has 0 spiro atoms. The van der Waals surface area contributed by atoms with Gasteiger partial charge >= 0.3 is 0 Å². The molecule has 2 aliphatic rings. The molecule has 0 aromatic rings. The summed E-state index contributed by atoms with van der Waals surface area (Å²) in [6.45, 7) is 0. The lowest BCUT2D eigenvalue weighted by atomic mass is 9.79. The van der Waals surface area contributed by atoms with Crippen molar-refractivity contribution in [3.05, 3.63) is 0 Å². The monoisotopic (exact) mass is 374 g/mol. The topological polar surface area (TPSA) is 252 Å². The van der Waals surface area contributed by atoms with Crippen LogP contribution >= 0.6 is 0 Å². The van der Waals surface area contributed by atoms with Crippen molar-refractivity contribution >= 4 is 0 Å². The standard InChI is InChI=1S/C12H22O13/c13-1-3(15)7(19)11(23,8(20)4(1)16)25-12(24)9(21)5(17)2(14)6(18)10(12)22/h1-10,13-24H/t1-,2-,3-,4+,5-,6+,7-,8-,9-,10-,11-,12-/m1/s1. The van der Waals surface area contributed by atoms with Crippen molar-refractivity contribution in [2.75, 3.05) is 0 Å². The molecule has 148 valence electrons. The number of ether oxygens (including phenoxy) is 1. The second-order valence-corrected chi connectivity index (χ2v) is 6.33. The zero-order chi connectivity index (χ0) is 19.5. The molecule has 0 saturated heterocycles. The third-order valence-electron chi connectivity index (χ3n) is 4.72. The maximum absolute atomic E-state index is 10.3. The van der Waals surface area contributed by atoms with Gasteiger partial charge in [0.05, 0.1) is 0 Å². The van der Waals surface area contributed by atoms with Gasteiger partial charge in [0.2, 0.25) is 11.6 Å². The molecule has 25 heavy (non-hydrogen) atoms. The first-order valence-electron chi connectivity index (χ1n) is 7.26. The predicted molar refractivity (Wildman–Crippen MR) is 71.1 cm³/mol. The Balaban J connectivity index is 2.40. The quantitative estimate of drug-likeness (QED) is 0.201. The molecular formula is C12H22O13. The molecule has 12 atom stereocenters. The highest BCUT2D eigenvalue weighted by Crippen LogP contribution is 2.39. The maximum atomic E-state index is 10.3. The van der Waals surface area contributed by atoms with Gasteiger partial charge < -0.3 is 66.0 Å². The summed E-state index contributed by atoms with van der Waals surface area (Å²) in [5, 5.41) is 117. The zero-order valence-electron chi connectivity index (χ0n) is 12.5. The molecule has 0 aromatic heterocycles. The zero-order valence-corrected chi connectivity index (χ0v) is 12.5. The Labute approximate surface area is 139 Å². The molecule has 0 amide bonds. The summed E-state index contributed by atoms with van der Waals surface area (Å²) in [7, 11) is 0. The number of aliphatic hydroxyl groups is 12. The van der Waals surface area contributed by atoms with Crippen LogP contribution in [0.5, 0.6) is 0 Å². The summed E-state index contributed by atoms with van der Waals surface area (Å²) in [6.07, 6.45) is -23.6. The van der Waals surface area contributed by atoms with Crippen LogP contribution in [0.2, 0.25) is 0 Å². The van der Waals surface area contributed by atoms with E-state index in [9.17, 15) is 61.3 Å². The Morgan fingerprint density at radius 3 is 0.800 bits per heavy atom. The summed E-state index contributed by atoms with van der Waals surface area (Å²) >= 11 is 0. The Morgan fingerprint density at radius 2 is 0.600 bits per heavy atom. The molecule has 13 nitrogen and oxygen atoms in total. The van der Waals surface area contributed by atoms with Crippen molar-refractivity contribution < 1.29 is 66.0 Å². The average Bonchev–Trinajstić information content (AvgIpc) is 2.59. The van der Waals surface area contributed by atoms with Crippen molar-refractivity contribution in [3.63, 3.8) is 0 Å². The molecule has 2 fully saturated rings. The minimum absolute atomic E-state index is 2.12. The minimum Gasteiger partial charge on any atom is -0.387 e. The molecule has 0 radical (unpaired) electrons. The van der Waals surface area contributed by atoms with E-state index < -0.39 is 72.6 Å². The second kappa shape index (κ2) is 6.58. The smallest absolute Gasteiger partial charge is 0.227 e. The van der Waals surface area contributed by atoms with E-state index in [0.717, 1.165) is 0 Å². The Morgan fingerprint density at radius 1 is 0.400 bits per heavy atom. The second-order valence-electron chi connectivity index (χ2n) is 6.33. The van der Waals surface area contributed by atoms with Gasteiger partial charge in [-0.1, -0.05) is 0 Å². The molecule has 13 heteroatoms. The molecule has 12 N–H and O–H groups in total. The van der Waals surface area contributed by atoms with E-state index in [-0.39, 0.29) is 0 Å². The predicted octanol–water partition coefficient (Wildman–Crippen LogP) is -7.98. The van der Waals surface area contributed by atoms with Crippen LogP contribution in [0.3, 0.4) is 0 Å². The van der Waals surface area contributed by atoms with Crippen LogP contribution in [-0.2, 0) is 4.74 Å². The third-order valence-corrected chi connectivity index (χ3v) is 4.72. The highest BCUT2D eigenvalue weighted by molar-refractivity contribution is 5.09. The average molecular weight is 374 g/mol. The van der Waals surface area contributed by atoms with E-state index in [1.165, 1.54) is 0 Å². The van der Waals surface area contributed by atoms with Crippen LogP contribution in [0.1, 0.15) is 0 Å². The van der Waals surface area contributed by atoms with Gasteiger partial charge in [-0.2, -0.15) is 0 Å². The normalized spacial score (nSPS) is 60.5. The number of aliphatic hydroxyl groups excluding tert-OH is 10. The van der Waals surface area contributed by atoms with Crippen molar-refractivity contribution in [2.45, 2.75) is 72.6 Å². The summed E-state index contributed by atoms with van der Waals surface area (Å²) in [5.41, 5.74) is 0. The van der Waals surface area contributed by atoms with Gasteiger partial charge in [0.1, 0.15) is 61.0 Å². The van der Waals surface area contributed by atoms with Gasteiger partial charge in [-0.05, 0) is 0 Å². The fourth-order valence-electron chi connectivity index (χ4n) is 2.98. The fourth-order valence-corrected chi connectivity index (χ4v) is 2.98. The molecule has 2 aliphatic carbocycles. The molecule has 0 heterocycles. The van der Waals surface area contributed by atoms with E-state index in [0.29, 0.717) is 0 Å². The van der Waals surface area contributed by atoms with Gasteiger partial charge in [0, 0.05) is 0 Å². The lowest BCUT2D eigenvalue weighted by molar-refractivity contribution is -0.460. The summed E-state index contributed by atoms with van der Waals surface area (Å²) in [6, 6.07) is 0. The van der Waals surface area contributed by atoms with E-state index >= 15 is 0 Å². The van der Waals surface area contributed by atoms with Gasteiger partial charge in [0.15, 0.2) is 0 Å². The van der Waals surface area contributed by atoms with Crippen molar-refractivity contribution in [3.8, 4) is 0 Å². The lowest BCUT2D eigenvalue weighted by Gasteiger charge is -2.53. The molecule has 0 aromatic carbocycles.